The number of nitro groups is 1. The summed E-state index contributed by atoms with van der Waals surface area (Å²) in [6.45, 7) is 7.02. The Kier molecular flexibility index (Phi) is 7.59. The van der Waals surface area contributed by atoms with Crippen molar-refractivity contribution in [2.75, 3.05) is 49.7 Å². The Morgan fingerprint density at radius 1 is 1.26 bits per heavy atom. The van der Waals surface area contributed by atoms with Crippen molar-refractivity contribution >= 4 is 44.0 Å². The molecule has 0 aliphatic carbocycles. The van der Waals surface area contributed by atoms with E-state index in [1.54, 1.807) is 31.4 Å². The largest absolute Gasteiger partial charge is 0.378 e. The number of nitro benzene ring substituents is 1. The summed E-state index contributed by atoms with van der Waals surface area (Å²) in [5.41, 5.74) is 2.62. The molecule has 31 heavy (non-hydrogen) atoms. The Morgan fingerprint density at radius 2 is 1.97 bits per heavy atom. The van der Waals surface area contributed by atoms with E-state index in [1.807, 2.05) is 12.1 Å². The predicted octanol–water partition coefficient (Wildman–Crippen LogP) is 2.97. The highest BCUT2D eigenvalue weighted by Crippen LogP contribution is 2.29. The minimum atomic E-state index is -3.92. The van der Waals surface area contributed by atoms with Crippen molar-refractivity contribution < 1.29 is 18.1 Å². The van der Waals surface area contributed by atoms with Crippen LogP contribution in [0.2, 0.25) is 0 Å². The van der Waals surface area contributed by atoms with E-state index in [9.17, 15) is 18.5 Å². The van der Waals surface area contributed by atoms with Crippen LogP contribution in [0.1, 0.15) is 18.7 Å². The molecular weight excluding hydrogens is 442 g/mol. The highest BCUT2D eigenvalue weighted by Gasteiger charge is 2.27. The van der Waals surface area contributed by atoms with Crippen molar-refractivity contribution in [2.45, 2.75) is 18.7 Å². The van der Waals surface area contributed by atoms with Gasteiger partial charge < -0.3 is 9.64 Å². The molecule has 1 aliphatic rings. The van der Waals surface area contributed by atoms with Crippen LogP contribution in [0.4, 0.5) is 16.4 Å². The third-order valence-electron chi connectivity index (χ3n) is 4.81. The zero-order valence-corrected chi connectivity index (χ0v) is 19.0. The Balaban J connectivity index is 1.82. The molecule has 0 atom stereocenters. The highest BCUT2D eigenvalue weighted by molar-refractivity contribution is 7.89. The molecule has 2 heterocycles. The Labute approximate surface area is 185 Å². The average molecular weight is 468 g/mol. The normalized spacial score (nSPS) is 15.0. The molecule has 0 unspecified atom stereocenters. The van der Waals surface area contributed by atoms with Gasteiger partial charge in [-0.05, 0) is 18.2 Å². The summed E-state index contributed by atoms with van der Waals surface area (Å²) in [6.07, 6.45) is 1.60. The van der Waals surface area contributed by atoms with Gasteiger partial charge in [-0.3, -0.25) is 15.5 Å². The van der Waals surface area contributed by atoms with Crippen LogP contribution in [0.5, 0.6) is 0 Å². The second-order valence-electron chi connectivity index (χ2n) is 6.67. The molecular formula is C19H25N5O5S2. The van der Waals surface area contributed by atoms with Gasteiger partial charge in [0, 0.05) is 43.2 Å². The number of sulfonamides is 1. The van der Waals surface area contributed by atoms with E-state index < -0.39 is 14.9 Å². The van der Waals surface area contributed by atoms with E-state index >= 15 is 0 Å². The summed E-state index contributed by atoms with van der Waals surface area (Å²) in [5, 5.41) is 16.5. The summed E-state index contributed by atoms with van der Waals surface area (Å²) >= 11 is 1.57. The topological polar surface area (TPSA) is 117 Å². The fourth-order valence-corrected chi connectivity index (χ4v) is 5.71. The van der Waals surface area contributed by atoms with Gasteiger partial charge in [-0.2, -0.15) is 9.41 Å². The molecule has 0 bridgehead atoms. The number of hydrazone groups is 1. The number of hydrogen-bond donors (Lipinski definition) is 1. The molecule has 1 N–H and O–H groups in total. The SMILES string of the molecule is CCN(CC)S(=O)(=O)c1cc([N+](=O)[O-])ccc1N/N=C\c1ccc(N2CCOCC2)s1. The van der Waals surface area contributed by atoms with Gasteiger partial charge in [-0.15, -0.1) is 11.3 Å². The minimum Gasteiger partial charge on any atom is -0.378 e. The molecule has 1 saturated heterocycles. The number of ether oxygens (including phenoxy) is 1. The lowest BCUT2D eigenvalue weighted by Crippen LogP contribution is -2.35. The Morgan fingerprint density at radius 3 is 2.61 bits per heavy atom. The number of benzene rings is 1. The number of non-ortho nitro benzene ring substituents is 1. The molecule has 0 saturated carbocycles. The maximum Gasteiger partial charge on any atom is 0.270 e. The zero-order chi connectivity index (χ0) is 22.4. The first-order valence-electron chi connectivity index (χ1n) is 9.87. The summed E-state index contributed by atoms with van der Waals surface area (Å²) in [5.74, 6) is 0. The molecule has 1 aliphatic heterocycles. The van der Waals surface area contributed by atoms with Crippen molar-refractivity contribution in [2.24, 2.45) is 5.10 Å². The van der Waals surface area contributed by atoms with Gasteiger partial charge in [-0.25, -0.2) is 8.42 Å². The molecule has 2 aromatic rings. The van der Waals surface area contributed by atoms with E-state index in [0.29, 0.717) is 13.2 Å². The van der Waals surface area contributed by atoms with Crippen LogP contribution in [0, 0.1) is 10.1 Å². The van der Waals surface area contributed by atoms with E-state index in [2.05, 4.69) is 15.4 Å². The Bertz CT molecular complexity index is 1040. The van der Waals surface area contributed by atoms with Crippen molar-refractivity contribution in [3.05, 3.63) is 45.3 Å². The first kappa shape index (κ1) is 23.1. The lowest BCUT2D eigenvalue weighted by molar-refractivity contribution is -0.385. The van der Waals surface area contributed by atoms with Crippen LogP contribution < -0.4 is 10.3 Å². The predicted molar refractivity (Wildman–Crippen MR) is 122 cm³/mol. The number of anilines is 2. The lowest BCUT2D eigenvalue weighted by Gasteiger charge is -2.27. The summed E-state index contributed by atoms with van der Waals surface area (Å²) in [4.78, 5) is 13.5. The third kappa shape index (κ3) is 5.39. The first-order chi connectivity index (χ1) is 14.9. The molecule has 0 amide bonds. The van der Waals surface area contributed by atoms with Crippen LogP contribution in [-0.4, -0.2) is 63.3 Å². The van der Waals surface area contributed by atoms with Gasteiger partial charge in [0.05, 0.1) is 35.0 Å². The third-order valence-corrected chi connectivity index (χ3v) is 7.98. The zero-order valence-electron chi connectivity index (χ0n) is 17.4. The molecule has 10 nitrogen and oxygen atoms in total. The molecule has 1 fully saturated rings. The van der Waals surface area contributed by atoms with Crippen molar-refractivity contribution in [3.8, 4) is 0 Å². The second kappa shape index (κ2) is 10.2. The highest BCUT2D eigenvalue weighted by atomic mass is 32.2. The maximum atomic E-state index is 13.0. The van der Waals surface area contributed by atoms with Crippen LogP contribution in [0.3, 0.4) is 0 Å². The lowest BCUT2D eigenvalue weighted by atomic mass is 10.3. The number of hydrogen-bond acceptors (Lipinski definition) is 9. The van der Waals surface area contributed by atoms with E-state index in [1.165, 1.54) is 16.4 Å². The van der Waals surface area contributed by atoms with Crippen LogP contribution in [0.15, 0.2) is 40.3 Å². The molecule has 0 spiro atoms. The average Bonchev–Trinajstić information content (AvgIpc) is 3.24. The molecule has 1 aromatic heterocycles. The first-order valence-corrected chi connectivity index (χ1v) is 12.1. The smallest absolute Gasteiger partial charge is 0.270 e. The van der Waals surface area contributed by atoms with Gasteiger partial charge in [0.2, 0.25) is 10.0 Å². The molecule has 0 radical (unpaired) electrons. The van der Waals surface area contributed by atoms with Crippen molar-refractivity contribution in [1.82, 2.24) is 4.31 Å². The fraction of sp³-hybridized carbons (Fsp3) is 0.421. The van der Waals surface area contributed by atoms with Crippen LogP contribution >= 0.6 is 11.3 Å². The summed E-state index contributed by atoms with van der Waals surface area (Å²) in [7, 11) is -3.92. The van der Waals surface area contributed by atoms with Gasteiger partial charge in [0.25, 0.3) is 5.69 Å². The van der Waals surface area contributed by atoms with Gasteiger partial charge in [-0.1, -0.05) is 13.8 Å². The maximum absolute atomic E-state index is 13.0. The number of rotatable bonds is 9. The van der Waals surface area contributed by atoms with Crippen molar-refractivity contribution in [3.63, 3.8) is 0 Å². The number of morpholine rings is 1. The number of nitrogens with zero attached hydrogens (tertiary/aromatic N) is 4. The number of nitrogens with one attached hydrogen (secondary N) is 1. The summed E-state index contributed by atoms with van der Waals surface area (Å²) < 4.78 is 32.6. The van der Waals surface area contributed by atoms with E-state index in [-0.39, 0.29) is 29.4 Å². The van der Waals surface area contributed by atoms with Gasteiger partial charge in [0.15, 0.2) is 0 Å². The standard InChI is InChI=1S/C19H25N5O5S2/c1-3-23(4-2)31(27,28)18-13-15(24(25)26)5-7-17(18)21-20-14-16-6-8-19(30-16)22-9-11-29-12-10-22/h5-8,13-14,21H,3-4,9-12H2,1-2H3/b20-14-. The van der Waals surface area contributed by atoms with Crippen molar-refractivity contribution in [1.29, 1.82) is 0 Å². The number of thiophene rings is 1. The molecule has 12 heteroatoms. The van der Waals surface area contributed by atoms with Crippen LogP contribution in [0.25, 0.3) is 0 Å². The molecule has 3 rings (SSSR count). The van der Waals surface area contributed by atoms with Gasteiger partial charge in [0.1, 0.15) is 4.90 Å². The fourth-order valence-electron chi connectivity index (χ4n) is 3.16. The second-order valence-corrected chi connectivity index (χ2v) is 9.67. The van der Waals surface area contributed by atoms with Gasteiger partial charge >= 0.3 is 0 Å². The minimum absolute atomic E-state index is 0.178. The van der Waals surface area contributed by atoms with E-state index in [0.717, 1.165) is 29.0 Å². The Hall–Kier alpha value is -2.54. The van der Waals surface area contributed by atoms with Crippen LogP contribution in [-0.2, 0) is 14.8 Å². The summed E-state index contributed by atoms with van der Waals surface area (Å²) in [6, 6.07) is 7.62. The monoisotopic (exact) mass is 467 g/mol. The molecule has 1 aromatic carbocycles. The quantitative estimate of drug-likeness (QED) is 0.342. The van der Waals surface area contributed by atoms with E-state index in [4.69, 9.17) is 4.74 Å². The molecule has 168 valence electrons.